The van der Waals surface area contributed by atoms with Crippen LogP contribution in [0.5, 0.6) is 0 Å². The molecule has 1 heterocycles. The SMILES string of the molecule is COC(=O)CNC(=O)Cc1cccc(NC(=O)c2cc(NC(=O)c3cccc(N)c3)cn2C)c1. The first-order chi connectivity index (χ1) is 16.2. The van der Waals surface area contributed by atoms with E-state index in [0.29, 0.717) is 33.9 Å². The third kappa shape index (κ3) is 6.45. The van der Waals surface area contributed by atoms with Gasteiger partial charge in [-0.05, 0) is 42.0 Å². The van der Waals surface area contributed by atoms with Crippen LogP contribution in [-0.2, 0) is 27.8 Å². The van der Waals surface area contributed by atoms with Crippen LogP contribution in [0.2, 0.25) is 0 Å². The summed E-state index contributed by atoms with van der Waals surface area (Å²) in [6.07, 6.45) is 1.66. The van der Waals surface area contributed by atoms with Gasteiger partial charge in [-0.25, -0.2) is 0 Å². The van der Waals surface area contributed by atoms with Crippen LogP contribution < -0.4 is 21.7 Å². The number of aromatic nitrogens is 1. The molecule has 0 saturated heterocycles. The minimum atomic E-state index is -0.541. The molecule has 34 heavy (non-hydrogen) atoms. The molecular formula is C24H25N5O5. The van der Waals surface area contributed by atoms with Crippen LogP contribution in [0.4, 0.5) is 17.1 Å². The number of amides is 3. The monoisotopic (exact) mass is 463 g/mol. The Bertz CT molecular complexity index is 1230. The Hall–Kier alpha value is -4.60. The Morgan fingerprint density at radius 1 is 0.941 bits per heavy atom. The maximum Gasteiger partial charge on any atom is 0.325 e. The lowest BCUT2D eigenvalue weighted by Crippen LogP contribution is -2.31. The highest BCUT2D eigenvalue weighted by Crippen LogP contribution is 2.18. The second kappa shape index (κ2) is 10.8. The number of hydrogen-bond donors (Lipinski definition) is 4. The maximum absolute atomic E-state index is 12.8. The van der Waals surface area contributed by atoms with Crippen molar-refractivity contribution in [2.45, 2.75) is 6.42 Å². The van der Waals surface area contributed by atoms with E-state index >= 15 is 0 Å². The van der Waals surface area contributed by atoms with E-state index in [-0.39, 0.29) is 30.7 Å². The fourth-order valence-electron chi connectivity index (χ4n) is 3.19. The number of esters is 1. The molecule has 0 bridgehead atoms. The largest absolute Gasteiger partial charge is 0.468 e. The van der Waals surface area contributed by atoms with Crippen molar-refractivity contribution in [3.63, 3.8) is 0 Å². The van der Waals surface area contributed by atoms with Crippen molar-refractivity contribution < 1.29 is 23.9 Å². The molecule has 3 aromatic rings. The number of carbonyl (C=O) groups is 4. The summed E-state index contributed by atoms with van der Waals surface area (Å²) in [6.45, 7) is -0.213. The molecule has 5 N–H and O–H groups in total. The number of benzene rings is 2. The number of aryl methyl sites for hydroxylation is 1. The van der Waals surface area contributed by atoms with Gasteiger partial charge in [0.2, 0.25) is 5.91 Å². The predicted octanol–water partition coefficient (Wildman–Crippen LogP) is 1.94. The Kier molecular flexibility index (Phi) is 7.65. The van der Waals surface area contributed by atoms with E-state index in [4.69, 9.17) is 5.73 Å². The fourth-order valence-corrected chi connectivity index (χ4v) is 3.19. The van der Waals surface area contributed by atoms with Gasteiger partial charge >= 0.3 is 5.97 Å². The van der Waals surface area contributed by atoms with Crippen LogP contribution in [0.3, 0.4) is 0 Å². The first-order valence-electron chi connectivity index (χ1n) is 10.3. The highest BCUT2D eigenvalue weighted by Gasteiger charge is 2.15. The van der Waals surface area contributed by atoms with E-state index in [2.05, 4.69) is 20.7 Å². The molecule has 10 heteroatoms. The van der Waals surface area contributed by atoms with Crippen molar-refractivity contribution in [2.24, 2.45) is 7.05 Å². The molecule has 0 radical (unpaired) electrons. The summed E-state index contributed by atoms with van der Waals surface area (Å²) in [7, 11) is 2.93. The van der Waals surface area contributed by atoms with E-state index in [9.17, 15) is 19.2 Å². The van der Waals surface area contributed by atoms with Gasteiger partial charge in [-0.15, -0.1) is 0 Å². The first kappa shape index (κ1) is 24.1. The van der Waals surface area contributed by atoms with Gasteiger partial charge in [0.25, 0.3) is 11.8 Å². The van der Waals surface area contributed by atoms with Crippen molar-refractivity contribution in [1.29, 1.82) is 0 Å². The minimum absolute atomic E-state index is 0.0328. The number of nitrogens with one attached hydrogen (secondary N) is 3. The van der Waals surface area contributed by atoms with E-state index in [1.807, 2.05) is 0 Å². The molecule has 1 aromatic heterocycles. The predicted molar refractivity (Wildman–Crippen MR) is 127 cm³/mol. The van der Waals surface area contributed by atoms with Crippen LogP contribution in [0.15, 0.2) is 60.8 Å². The van der Waals surface area contributed by atoms with E-state index in [1.165, 1.54) is 7.11 Å². The quantitative estimate of drug-likeness (QED) is 0.297. The number of anilines is 3. The Balaban J connectivity index is 1.63. The van der Waals surface area contributed by atoms with Gasteiger partial charge in [0.15, 0.2) is 0 Å². The minimum Gasteiger partial charge on any atom is -0.468 e. The standard InChI is InChI=1S/C24H25N5O5/c1-29-14-19(28-23(32)16-6-4-7-17(25)11-16)12-20(29)24(33)27-18-8-3-5-15(9-18)10-21(30)26-13-22(31)34-2/h3-9,11-12,14H,10,13,25H2,1-2H3,(H,26,30)(H,27,33)(H,28,32). The van der Waals surface area contributed by atoms with Gasteiger partial charge in [0, 0.05) is 30.2 Å². The Labute approximate surface area is 196 Å². The van der Waals surface area contributed by atoms with Crippen LogP contribution in [0.1, 0.15) is 26.4 Å². The van der Waals surface area contributed by atoms with Gasteiger partial charge in [0.05, 0.1) is 19.2 Å². The van der Waals surface area contributed by atoms with Gasteiger partial charge in [-0.1, -0.05) is 18.2 Å². The summed E-state index contributed by atoms with van der Waals surface area (Å²) >= 11 is 0. The zero-order valence-electron chi connectivity index (χ0n) is 18.8. The zero-order chi connectivity index (χ0) is 24.7. The van der Waals surface area contributed by atoms with Crippen molar-refractivity contribution in [1.82, 2.24) is 9.88 Å². The smallest absolute Gasteiger partial charge is 0.325 e. The summed E-state index contributed by atoms with van der Waals surface area (Å²) in [5.74, 6) is -1.63. The van der Waals surface area contributed by atoms with Gasteiger partial charge in [0.1, 0.15) is 12.2 Å². The number of rotatable bonds is 8. The molecule has 0 atom stereocenters. The van der Waals surface area contributed by atoms with Gasteiger partial charge < -0.3 is 31.0 Å². The number of nitrogen functional groups attached to an aromatic ring is 1. The van der Waals surface area contributed by atoms with Crippen LogP contribution >= 0.6 is 0 Å². The van der Waals surface area contributed by atoms with Gasteiger partial charge in [-0.2, -0.15) is 0 Å². The molecule has 0 saturated carbocycles. The fraction of sp³-hybridized carbons (Fsp3) is 0.167. The van der Waals surface area contributed by atoms with E-state index in [1.54, 1.807) is 72.4 Å². The number of hydrogen-bond acceptors (Lipinski definition) is 6. The molecule has 2 aromatic carbocycles. The molecule has 10 nitrogen and oxygen atoms in total. The first-order valence-corrected chi connectivity index (χ1v) is 10.3. The van der Waals surface area contributed by atoms with E-state index in [0.717, 1.165) is 0 Å². The Morgan fingerprint density at radius 3 is 2.41 bits per heavy atom. The average Bonchev–Trinajstić information content (AvgIpc) is 3.17. The molecule has 0 aliphatic carbocycles. The molecule has 0 unspecified atom stereocenters. The third-order valence-electron chi connectivity index (χ3n) is 4.85. The van der Waals surface area contributed by atoms with Gasteiger partial charge in [-0.3, -0.25) is 19.2 Å². The molecular weight excluding hydrogens is 438 g/mol. The second-order valence-electron chi connectivity index (χ2n) is 7.49. The van der Waals surface area contributed by atoms with Crippen molar-refractivity contribution >= 4 is 40.8 Å². The summed E-state index contributed by atoms with van der Waals surface area (Å²) in [4.78, 5) is 48.4. The average molecular weight is 463 g/mol. The summed E-state index contributed by atoms with van der Waals surface area (Å²) in [6, 6.07) is 14.9. The van der Waals surface area contributed by atoms with Crippen LogP contribution in [0.25, 0.3) is 0 Å². The third-order valence-corrected chi connectivity index (χ3v) is 4.85. The molecule has 0 aliphatic rings. The van der Waals surface area contributed by atoms with E-state index < -0.39 is 5.97 Å². The lowest BCUT2D eigenvalue weighted by molar-refractivity contribution is -0.141. The normalized spacial score (nSPS) is 10.3. The molecule has 0 spiro atoms. The number of nitrogens with two attached hydrogens (primary N) is 1. The molecule has 0 aliphatic heterocycles. The van der Waals surface area contributed by atoms with Crippen molar-refractivity contribution in [2.75, 3.05) is 30.0 Å². The molecule has 176 valence electrons. The maximum atomic E-state index is 12.8. The summed E-state index contributed by atoms with van der Waals surface area (Å²) in [5, 5.41) is 7.99. The number of methoxy groups -OCH3 is 1. The number of ether oxygens (including phenoxy) is 1. The van der Waals surface area contributed by atoms with Crippen molar-refractivity contribution in [3.8, 4) is 0 Å². The molecule has 0 fully saturated rings. The zero-order valence-corrected chi connectivity index (χ0v) is 18.8. The van der Waals surface area contributed by atoms with Crippen LogP contribution in [-0.4, -0.2) is 41.9 Å². The molecule has 3 amide bonds. The number of nitrogens with zero attached hydrogens (tertiary/aromatic N) is 1. The highest BCUT2D eigenvalue weighted by molar-refractivity contribution is 6.07. The highest BCUT2D eigenvalue weighted by atomic mass is 16.5. The summed E-state index contributed by atoms with van der Waals surface area (Å²) < 4.78 is 6.08. The number of carbonyl (C=O) groups excluding carboxylic acids is 4. The topological polar surface area (TPSA) is 145 Å². The molecule has 3 rings (SSSR count). The van der Waals surface area contributed by atoms with Crippen molar-refractivity contribution in [3.05, 3.63) is 77.6 Å². The lowest BCUT2D eigenvalue weighted by atomic mass is 10.1. The second-order valence-corrected chi connectivity index (χ2v) is 7.49. The Morgan fingerprint density at radius 2 is 1.68 bits per heavy atom. The van der Waals surface area contributed by atoms with Crippen LogP contribution in [0, 0.1) is 0 Å². The summed E-state index contributed by atoms with van der Waals surface area (Å²) in [5.41, 5.74) is 8.53. The lowest BCUT2D eigenvalue weighted by Gasteiger charge is -2.08.